The van der Waals surface area contributed by atoms with Crippen LogP contribution in [-0.4, -0.2) is 29.6 Å². The zero-order valence-corrected chi connectivity index (χ0v) is 8.90. The minimum atomic E-state index is -0.140. The van der Waals surface area contributed by atoms with Crippen molar-refractivity contribution in [3.8, 4) is 0 Å². The van der Waals surface area contributed by atoms with Crippen molar-refractivity contribution in [2.45, 2.75) is 32.6 Å². The summed E-state index contributed by atoms with van der Waals surface area (Å²) in [6.07, 6.45) is 7.28. The Kier molecular flexibility index (Phi) is 4.29. The molecule has 0 aliphatic carbocycles. The van der Waals surface area contributed by atoms with Crippen LogP contribution in [-0.2, 0) is 9.63 Å². The van der Waals surface area contributed by atoms with E-state index in [0.29, 0.717) is 13.1 Å². The smallest absolute Gasteiger partial charge is 0.332 e. The summed E-state index contributed by atoms with van der Waals surface area (Å²) in [4.78, 5) is 18.3. The highest BCUT2D eigenvalue weighted by Gasteiger charge is 2.12. The highest BCUT2D eigenvalue weighted by molar-refractivity contribution is 5.69. The summed E-state index contributed by atoms with van der Waals surface area (Å²) in [6, 6.07) is 0. The summed E-state index contributed by atoms with van der Waals surface area (Å²) >= 11 is 0. The van der Waals surface area contributed by atoms with E-state index in [1.165, 1.54) is 0 Å². The molecule has 80 valence electrons. The van der Waals surface area contributed by atoms with E-state index in [1.54, 1.807) is 11.3 Å². The number of rotatable bonds is 5. The van der Waals surface area contributed by atoms with Crippen LogP contribution in [0.25, 0.3) is 0 Å². The lowest BCUT2D eigenvalue weighted by molar-refractivity contribution is -0.180. The molecule has 0 saturated carbocycles. The molecule has 4 nitrogen and oxygen atoms in total. The summed E-state index contributed by atoms with van der Waals surface area (Å²) in [6.45, 7) is 2.74. The predicted molar refractivity (Wildman–Crippen MR) is 53.8 cm³/mol. The first-order valence-corrected chi connectivity index (χ1v) is 5.08. The largest absolute Gasteiger partial charge is 0.359 e. The van der Waals surface area contributed by atoms with E-state index < -0.39 is 0 Å². The molecular weight excluding hydrogens is 180 g/mol. The summed E-state index contributed by atoms with van der Waals surface area (Å²) in [5.74, 6) is -0.140. The SMILES string of the molecule is CCCCCC(=O)ON1C=CN(C)C1. The van der Waals surface area contributed by atoms with E-state index in [-0.39, 0.29) is 5.97 Å². The van der Waals surface area contributed by atoms with E-state index >= 15 is 0 Å². The monoisotopic (exact) mass is 198 g/mol. The molecule has 0 aromatic heterocycles. The van der Waals surface area contributed by atoms with Crippen LogP contribution in [0.2, 0.25) is 0 Å². The average Bonchev–Trinajstić information content (AvgIpc) is 2.52. The maximum absolute atomic E-state index is 11.3. The minimum absolute atomic E-state index is 0.140. The predicted octanol–water partition coefficient (Wildman–Crippen LogP) is 1.70. The minimum Gasteiger partial charge on any atom is -0.359 e. The Morgan fingerprint density at radius 2 is 2.21 bits per heavy atom. The molecule has 0 atom stereocenters. The van der Waals surface area contributed by atoms with Gasteiger partial charge in [-0.2, -0.15) is 5.06 Å². The number of carbonyl (C=O) groups is 1. The summed E-state index contributed by atoms with van der Waals surface area (Å²) < 4.78 is 0. The molecule has 0 radical (unpaired) electrons. The Morgan fingerprint density at radius 3 is 2.79 bits per heavy atom. The molecule has 0 fully saturated rings. The average molecular weight is 198 g/mol. The third-order valence-corrected chi connectivity index (χ3v) is 2.05. The van der Waals surface area contributed by atoms with E-state index in [9.17, 15) is 4.79 Å². The van der Waals surface area contributed by atoms with Crippen molar-refractivity contribution < 1.29 is 9.63 Å². The van der Waals surface area contributed by atoms with Gasteiger partial charge in [-0.05, 0) is 6.42 Å². The lowest BCUT2D eigenvalue weighted by Crippen LogP contribution is -2.25. The van der Waals surface area contributed by atoms with Gasteiger partial charge >= 0.3 is 5.97 Å². The van der Waals surface area contributed by atoms with Crippen LogP contribution >= 0.6 is 0 Å². The zero-order chi connectivity index (χ0) is 10.4. The molecule has 4 heteroatoms. The van der Waals surface area contributed by atoms with Gasteiger partial charge in [0, 0.05) is 19.7 Å². The van der Waals surface area contributed by atoms with Crippen molar-refractivity contribution in [3.05, 3.63) is 12.4 Å². The topological polar surface area (TPSA) is 32.8 Å². The zero-order valence-electron chi connectivity index (χ0n) is 8.90. The van der Waals surface area contributed by atoms with Crippen LogP contribution < -0.4 is 0 Å². The second kappa shape index (κ2) is 5.52. The molecule has 1 aliphatic rings. The van der Waals surface area contributed by atoms with Crippen molar-refractivity contribution in [2.24, 2.45) is 0 Å². The number of unbranched alkanes of at least 4 members (excludes halogenated alkanes) is 2. The third-order valence-electron chi connectivity index (χ3n) is 2.05. The fraction of sp³-hybridized carbons (Fsp3) is 0.700. The maximum Gasteiger partial charge on any atom is 0.332 e. The van der Waals surface area contributed by atoms with Gasteiger partial charge in [-0.25, -0.2) is 4.79 Å². The Balaban J connectivity index is 2.12. The molecule has 0 spiro atoms. The molecule has 0 saturated heterocycles. The Morgan fingerprint density at radius 1 is 1.43 bits per heavy atom. The Labute approximate surface area is 85.1 Å². The fourth-order valence-corrected chi connectivity index (χ4v) is 1.26. The molecule has 14 heavy (non-hydrogen) atoms. The molecular formula is C10H18N2O2. The van der Waals surface area contributed by atoms with E-state index in [0.717, 1.165) is 19.3 Å². The van der Waals surface area contributed by atoms with Gasteiger partial charge in [0.2, 0.25) is 0 Å². The van der Waals surface area contributed by atoms with Gasteiger partial charge in [-0.15, -0.1) is 0 Å². The second-order valence-corrected chi connectivity index (χ2v) is 3.53. The summed E-state index contributed by atoms with van der Waals surface area (Å²) in [5.41, 5.74) is 0. The first-order valence-electron chi connectivity index (χ1n) is 5.08. The standard InChI is InChI=1S/C10H18N2O2/c1-3-4-5-6-10(13)14-12-8-7-11(2)9-12/h7-8H,3-6,9H2,1-2H3. The van der Waals surface area contributed by atoms with Gasteiger partial charge in [0.15, 0.2) is 0 Å². The summed E-state index contributed by atoms with van der Waals surface area (Å²) in [5, 5.41) is 1.55. The van der Waals surface area contributed by atoms with Crippen LogP contribution in [0.4, 0.5) is 0 Å². The van der Waals surface area contributed by atoms with Crippen molar-refractivity contribution in [3.63, 3.8) is 0 Å². The van der Waals surface area contributed by atoms with Crippen LogP contribution in [0.5, 0.6) is 0 Å². The van der Waals surface area contributed by atoms with E-state index in [4.69, 9.17) is 4.84 Å². The van der Waals surface area contributed by atoms with Gasteiger partial charge in [0.05, 0.1) is 6.20 Å². The maximum atomic E-state index is 11.3. The van der Waals surface area contributed by atoms with Gasteiger partial charge in [0.1, 0.15) is 6.67 Å². The van der Waals surface area contributed by atoms with Gasteiger partial charge in [0.25, 0.3) is 0 Å². The molecule has 1 heterocycles. The Bertz CT molecular complexity index is 216. The molecule has 0 N–H and O–H groups in total. The lowest BCUT2D eigenvalue weighted by atomic mass is 10.2. The molecule has 0 aromatic carbocycles. The first-order chi connectivity index (χ1) is 6.72. The van der Waals surface area contributed by atoms with Gasteiger partial charge in [-0.3, -0.25) is 0 Å². The van der Waals surface area contributed by atoms with Crippen LogP contribution in [0.15, 0.2) is 12.4 Å². The third kappa shape index (κ3) is 3.68. The second-order valence-electron chi connectivity index (χ2n) is 3.53. The number of hydroxylamine groups is 2. The summed E-state index contributed by atoms with van der Waals surface area (Å²) in [7, 11) is 1.93. The first kappa shape index (κ1) is 10.9. The fourth-order valence-electron chi connectivity index (χ4n) is 1.26. The lowest BCUT2D eigenvalue weighted by Gasteiger charge is -2.16. The number of carbonyl (C=O) groups excluding carboxylic acids is 1. The normalized spacial score (nSPS) is 15.0. The highest BCUT2D eigenvalue weighted by atomic mass is 16.7. The molecule has 0 bridgehead atoms. The van der Waals surface area contributed by atoms with Crippen molar-refractivity contribution in [1.82, 2.24) is 9.96 Å². The number of nitrogens with zero attached hydrogens (tertiary/aromatic N) is 2. The van der Waals surface area contributed by atoms with Crippen molar-refractivity contribution in [2.75, 3.05) is 13.7 Å². The van der Waals surface area contributed by atoms with Gasteiger partial charge in [-0.1, -0.05) is 19.8 Å². The van der Waals surface area contributed by atoms with Crippen LogP contribution in [0.3, 0.4) is 0 Å². The molecule has 0 amide bonds. The highest BCUT2D eigenvalue weighted by Crippen LogP contribution is 2.07. The molecule has 0 aromatic rings. The number of hydrogen-bond donors (Lipinski definition) is 0. The van der Waals surface area contributed by atoms with Crippen molar-refractivity contribution >= 4 is 5.97 Å². The number of hydrogen-bond acceptors (Lipinski definition) is 4. The van der Waals surface area contributed by atoms with E-state index in [1.807, 2.05) is 18.1 Å². The van der Waals surface area contributed by atoms with Gasteiger partial charge < -0.3 is 9.74 Å². The quantitative estimate of drug-likeness (QED) is 0.629. The molecule has 1 rings (SSSR count). The van der Waals surface area contributed by atoms with Crippen molar-refractivity contribution in [1.29, 1.82) is 0 Å². The van der Waals surface area contributed by atoms with Crippen LogP contribution in [0, 0.1) is 0 Å². The molecule has 1 aliphatic heterocycles. The molecule has 0 unspecified atom stereocenters. The Hall–Kier alpha value is -1.19. The van der Waals surface area contributed by atoms with Crippen LogP contribution in [0.1, 0.15) is 32.6 Å². The van der Waals surface area contributed by atoms with E-state index in [2.05, 4.69) is 6.92 Å².